The van der Waals surface area contributed by atoms with Gasteiger partial charge in [0, 0.05) is 25.2 Å². The third-order valence-electron chi connectivity index (χ3n) is 4.82. The fourth-order valence-electron chi connectivity index (χ4n) is 3.21. The minimum absolute atomic E-state index is 0.0849. The number of hydrogen-bond donors (Lipinski definition) is 2. The number of nitriles is 1. The van der Waals surface area contributed by atoms with E-state index in [1.54, 1.807) is 12.1 Å². The summed E-state index contributed by atoms with van der Waals surface area (Å²) < 4.78 is 13.6. The summed E-state index contributed by atoms with van der Waals surface area (Å²) in [5, 5.41) is 14.6. The largest absolute Gasteiger partial charge is 0.382 e. The molecule has 0 fully saturated rings. The molecule has 2 N–H and O–H groups in total. The summed E-state index contributed by atoms with van der Waals surface area (Å²) in [7, 11) is 0. The standard InChI is InChI=1S/C22H21FN4O3/c1-2-3-11-27-21(29)15-8-7-14(12-16(15)22(27)30)20(28)26-10-9-25-19-6-4-5-18(23)17(19)13-24/h4-8,12,25H,2-3,9-11H2,1H3,(H,26,28). The van der Waals surface area contributed by atoms with E-state index in [1.165, 1.54) is 35.2 Å². The molecule has 154 valence electrons. The number of rotatable bonds is 8. The first kappa shape index (κ1) is 21.0. The number of imide groups is 1. The molecule has 7 nitrogen and oxygen atoms in total. The van der Waals surface area contributed by atoms with Crippen molar-refractivity contribution in [2.75, 3.05) is 25.0 Å². The lowest BCUT2D eigenvalue weighted by Gasteiger charge is -2.12. The molecule has 0 aliphatic carbocycles. The van der Waals surface area contributed by atoms with Gasteiger partial charge in [-0.15, -0.1) is 0 Å². The highest BCUT2D eigenvalue weighted by atomic mass is 19.1. The summed E-state index contributed by atoms with van der Waals surface area (Å²) in [5.41, 5.74) is 1.08. The van der Waals surface area contributed by atoms with Gasteiger partial charge in [0.1, 0.15) is 17.4 Å². The Hall–Kier alpha value is -3.73. The third kappa shape index (κ3) is 4.15. The molecule has 1 heterocycles. The molecule has 0 radical (unpaired) electrons. The van der Waals surface area contributed by atoms with Gasteiger partial charge >= 0.3 is 0 Å². The summed E-state index contributed by atoms with van der Waals surface area (Å²) in [6, 6.07) is 10.5. The molecule has 0 bridgehead atoms. The number of amides is 3. The molecule has 0 atom stereocenters. The molecule has 3 amide bonds. The molecule has 2 aromatic rings. The molecule has 8 heteroatoms. The van der Waals surface area contributed by atoms with Crippen molar-refractivity contribution in [2.45, 2.75) is 19.8 Å². The van der Waals surface area contributed by atoms with Gasteiger partial charge in [0.15, 0.2) is 0 Å². The van der Waals surface area contributed by atoms with Crippen LogP contribution >= 0.6 is 0 Å². The van der Waals surface area contributed by atoms with Crippen molar-refractivity contribution in [3.05, 3.63) is 64.5 Å². The second-order valence-electron chi connectivity index (χ2n) is 6.83. The van der Waals surface area contributed by atoms with Crippen molar-refractivity contribution in [2.24, 2.45) is 0 Å². The Morgan fingerprint density at radius 3 is 2.63 bits per heavy atom. The number of nitrogens with one attached hydrogen (secondary N) is 2. The van der Waals surface area contributed by atoms with Crippen LogP contribution in [0.1, 0.15) is 56.4 Å². The summed E-state index contributed by atoms with van der Waals surface area (Å²) in [4.78, 5) is 38.5. The monoisotopic (exact) mass is 408 g/mol. The van der Waals surface area contributed by atoms with Crippen molar-refractivity contribution >= 4 is 23.4 Å². The fraction of sp³-hybridized carbons (Fsp3) is 0.273. The molecule has 2 aromatic carbocycles. The summed E-state index contributed by atoms with van der Waals surface area (Å²) in [6.45, 7) is 2.83. The minimum atomic E-state index is -0.614. The van der Waals surface area contributed by atoms with Crippen LogP contribution in [0.3, 0.4) is 0 Å². The highest BCUT2D eigenvalue weighted by Crippen LogP contribution is 2.24. The number of carbonyl (C=O) groups is 3. The Balaban J connectivity index is 1.60. The van der Waals surface area contributed by atoms with E-state index in [0.29, 0.717) is 17.8 Å². The zero-order valence-corrected chi connectivity index (χ0v) is 16.5. The van der Waals surface area contributed by atoms with E-state index in [9.17, 15) is 18.8 Å². The molecule has 0 saturated carbocycles. The van der Waals surface area contributed by atoms with E-state index < -0.39 is 11.7 Å². The van der Waals surface area contributed by atoms with Crippen LogP contribution < -0.4 is 10.6 Å². The number of hydrogen-bond acceptors (Lipinski definition) is 5. The highest BCUT2D eigenvalue weighted by molar-refractivity contribution is 6.22. The van der Waals surface area contributed by atoms with E-state index in [4.69, 9.17) is 5.26 Å². The number of carbonyl (C=O) groups excluding carboxylic acids is 3. The van der Waals surface area contributed by atoms with Gasteiger partial charge in [-0.05, 0) is 36.8 Å². The molecule has 0 unspecified atom stereocenters. The number of halogens is 1. The highest BCUT2D eigenvalue weighted by Gasteiger charge is 2.35. The zero-order chi connectivity index (χ0) is 21.7. The molecule has 0 saturated heterocycles. The molecule has 3 rings (SSSR count). The predicted molar refractivity (Wildman–Crippen MR) is 109 cm³/mol. The number of anilines is 1. The predicted octanol–water partition coefficient (Wildman–Crippen LogP) is 2.94. The summed E-state index contributed by atoms with van der Waals surface area (Å²) in [5.74, 6) is -1.72. The quantitative estimate of drug-likeness (QED) is 0.516. The lowest BCUT2D eigenvalue weighted by atomic mass is 10.1. The average molecular weight is 408 g/mol. The lowest BCUT2D eigenvalue weighted by molar-refractivity contribution is 0.0652. The second kappa shape index (κ2) is 9.18. The summed E-state index contributed by atoms with van der Waals surface area (Å²) in [6.07, 6.45) is 1.59. The first-order valence-electron chi connectivity index (χ1n) is 9.68. The van der Waals surface area contributed by atoms with Crippen molar-refractivity contribution in [3.63, 3.8) is 0 Å². The molecule has 0 aromatic heterocycles. The van der Waals surface area contributed by atoms with Crippen LogP contribution in [-0.2, 0) is 0 Å². The Morgan fingerprint density at radius 1 is 1.13 bits per heavy atom. The minimum Gasteiger partial charge on any atom is -0.382 e. The summed E-state index contributed by atoms with van der Waals surface area (Å²) >= 11 is 0. The van der Waals surface area contributed by atoms with Crippen LogP contribution in [0.2, 0.25) is 0 Å². The van der Waals surface area contributed by atoms with E-state index in [-0.39, 0.29) is 41.6 Å². The third-order valence-corrected chi connectivity index (χ3v) is 4.82. The van der Waals surface area contributed by atoms with Gasteiger partial charge in [0.2, 0.25) is 0 Å². The van der Waals surface area contributed by atoms with Crippen LogP contribution in [0, 0.1) is 17.1 Å². The Morgan fingerprint density at radius 2 is 1.90 bits per heavy atom. The van der Waals surface area contributed by atoms with Crippen LogP contribution in [0.15, 0.2) is 36.4 Å². The number of nitrogens with zero attached hydrogens (tertiary/aromatic N) is 2. The first-order valence-corrected chi connectivity index (χ1v) is 9.68. The Kier molecular flexibility index (Phi) is 6.42. The first-order chi connectivity index (χ1) is 14.5. The van der Waals surface area contributed by atoms with Gasteiger partial charge in [-0.2, -0.15) is 5.26 Å². The van der Waals surface area contributed by atoms with Gasteiger partial charge in [-0.1, -0.05) is 19.4 Å². The topological polar surface area (TPSA) is 102 Å². The average Bonchev–Trinajstić information content (AvgIpc) is 2.99. The Labute approximate surface area is 173 Å². The van der Waals surface area contributed by atoms with Gasteiger partial charge in [-0.3, -0.25) is 19.3 Å². The van der Waals surface area contributed by atoms with Crippen LogP contribution in [0.4, 0.5) is 10.1 Å². The number of benzene rings is 2. The van der Waals surface area contributed by atoms with Gasteiger partial charge < -0.3 is 10.6 Å². The van der Waals surface area contributed by atoms with Crippen LogP contribution in [-0.4, -0.2) is 42.3 Å². The van der Waals surface area contributed by atoms with E-state index in [1.807, 2.05) is 6.92 Å². The fourth-order valence-corrected chi connectivity index (χ4v) is 3.21. The van der Waals surface area contributed by atoms with Crippen molar-refractivity contribution in [3.8, 4) is 6.07 Å². The maximum absolute atomic E-state index is 13.6. The van der Waals surface area contributed by atoms with E-state index in [0.717, 1.165) is 12.8 Å². The second-order valence-corrected chi connectivity index (χ2v) is 6.83. The van der Waals surface area contributed by atoms with Crippen molar-refractivity contribution < 1.29 is 18.8 Å². The van der Waals surface area contributed by atoms with Crippen LogP contribution in [0.25, 0.3) is 0 Å². The smallest absolute Gasteiger partial charge is 0.261 e. The van der Waals surface area contributed by atoms with Crippen molar-refractivity contribution in [1.82, 2.24) is 10.2 Å². The maximum Gasteiger partial charge on any atom is 0.261 e. The lowest BCUT2D eigenvalue weighted by Crippen LogP contribution is -2.30. The number of unbranched alkanes of at least 4 members (excludes halogenated alkanes) is 1. The molecule has 30 heavy (non-hydrogen) atoms. The molecule has 1 aliphatic rings. The molecule has 0 spiro atoms. The molecular weight excluding hydrogens is 387 g/mol. The van der Waals surface area contributed by atoms with E-state index >= 15 is 0 Å². The van der Waals surface area contributed by atoms with Crippen LogP contribution in [0.5, 0.6) is 0 Å². The Bertz CT molecular complexity index is 1050. The SMILES string of the molecule is CCCCN1C(=O)c2ccc(C(=O)NCCNc3cccc(F)c3C#N)cc2C1=O. The molecule has 1 aliphatic heterocycles. The van der Waals surface area contributed by atoms with Crippen molar-refractivity contribution in [1.29, 1.82) is 5.26 Å². The van der Waals surface area contributed by atoms with Gasteiger partial charge in [-0.25, -0.2) is 4.39 Å². The number of fused-ring (bicyclic) bond motifs is 1. The van der Waals surface area contributed by atoms with Gasteiger partial charge in [0.05, 0.1) is 16.8 Å². The molecular formula is C22H21FN4O3. The normalized spacial score (nSPS) is 12.5. The van der Waals surface area contributed by atoms with E-state index in [2.05, 4.69) is 10.6 Å². The maximum atomic E-state index is 13.6. The zero-order valence-electron chi connectivity index (χ0n) is 16.5. The van der Waals surface area contributed by atoms with Gasteiger partial charge in [0.25, 0.3) is 17.7 Å².